The number of carboxylic acid groups (broad SMARTS) is 1. The SMILES string of the molecule is CON=C(C(=O)N[C@@H]1C(=O)N(OC(C(=O)O)c2ccccc2)[C@H]1C)c1csc(N)n1. The quantitative estimate of drug-likeness (QED) is 0.309. The zero-order valence-electron chi connectivity index (χ0n) is 16.0. The van der Waals surface area contributed by atoms with Gasteiger partial charge in [-0.25, -0.2) is 14.8 Å². The number of nitrogens with two attached hydrogens (primary N) is 1. The molecule has 0 saturated carbocycles. The van der Waals surface area contributed by atoms with Crippen molar-refractivity contribution >= 4 is 40.0 Å². The molecule has 0 spiro atoms. The fraction of sp³-hybridized carbons (Fsp3) is 0.278. The molecule has 1 saturated heterocycles. The number of aromatic nitrogens is 1. The lowest BCUT2D eigenvalue weighted by molar-refractivity contribution is -0.254. The number of amides is 2. The van der Waals surface area contributed by atoms with E-state index >= 15 is 0 Å². The van der Waals surface area contributed by atoms with Crippen LogP contribution in [0.5, 0.6) is 0 Å². The van der Waals surface area contributed by atoms with Gasteiger partial charge in [-0.3, -0.25) is 14.4 Å². The van der Waals surface area contributed by atoms with Gasteiger partial charge in [0, 0.05) is 5.38 Å². The molecule has 1 aliphatic heterocycles. The number of benzene rings is 1. The monoisotopic (exact) mass is 433 g/mol. The Balaban J connectivity index is 1.68. The Kier molecular flexibility index (Phi) is 6.28. The lowest BCUT2D eigenvalue weighted by atomic mass is 9.99. The van der Waals surface area contributed by atoms with Gasteiger partial charge >= 0.3 is 5.97 Å². The summed E-state index contributed by atoms with van der Waals surface area (Å²) in [6.07, 6.45) is -1.36. The number of β-lactam (4-membered cyclic amide) rings is 1. The van der Waals surface area contributed by atoms with Crippen molar-refractivity contribution in [3.63, 3.8) is 0 Å². The second kappa shape index (κ2) is 8.88. The molecule has 2 amide bonds. The average molecular weight is 433 g/mol. The Morgan fingerprint density at radius 2 is 2.07 bits per heavy atom. The van der Waals surface area contributed by atoms with Crippen LogP contribution in [0.2, 0.25) is 0 Å². The summed E-state index contributed by atoms with van der Waals surface area (Å²) in [7, 11) is 1.27. The molecule has 4 N–H and O–H groups in total. The number of oxime groups is 1. The van der Waals surface area contributed by atoms with Crippen LogP contribution in [0, 0.1) is 0 Å². The summed E-state index contributed by atoms with van der Waals surface area (Å²) in [5.41, 5.74) is 6.04. The number of hydroxylamine groups is 2. The number of nitrogen functional groups attached to an aromatic ring is 1. The van der Waals surface area contributed by atoms with Crippen LogP contribution in [-0.2, 0) is 24.1 Å². The zero-order chi connectivity index (χ0) is 21.8. The summed E-state index contributed by atoms with van der Waals surface area (Å²) in [5.74, 6) is -2.53. The highest BCUT2D eigenvalue weighted by Crippen LogP contribution is 2.27. The number of anilines is 1. The van der Waals surface area contributed by atoms with Gasteiger partial charge in [0.25, 0.3) is 11.8 Å². The van der Waals surface area contributed by atoms with Crippen molar-refractivity contribution in [1.82, 2.24) is 15.4 Å². The minimum Gasteiger partial charge on any atom is -0.479 e. The number of carbonyl (C=O) groups is 3. The number of nitrogens with one attached hydrogen (secondary N) is 1. The number of hydrogen-bond donors (Lipinski definition) is 3. The lowest BCUT2D eigenvalue weighted by Gasteiger charge is -2.44. The third-order valence-electron chi connectivity index (χ3n) is 4.33. The van der Waals surface area contributed by atoms with E-state index in [0.29, 0.717) is 5.56 Å². The molecule has 2 heterocycles. The maximum Gasteiger partial charge on any atom is 0.340 e. The molecule has 12 heteroatoms. The third-order valence-corrected chi connectivity index (χ3v) is 5.00. The first-order valence-electron chi connectivity index (χ1n) is 8.74. The molecule has 3 rings (SSSR count). The molecule has 2 aromatic rings. The highest BCUT2D eigenvalue weighted by Gasteiger charge is 2.49. The molecular formula is C18H19N5O6S. The normalized spacial score (nSPS) is 19.7. The molecule has 1 aromatic carbocycles. The van der Waals surface area contributed by atoms with Crippen molar-refractivity contribution < 1.29 is 29.2 Å². The maximum absolute atomic E-state index is 12.6. The van der Waals surface area contributed by atoms with E-state index < -0.39 is 36.0 Å². The Labute approximate surface area is 175 Å². The second-order valence-electron chi connectivity index (χ2n) is 6.28. The molecule has 0 aliphatic carbocycles. The van der Waals surface area contributed by atoms with Crippen LogP contribution in [0.3, 0.4) is 0 Å². The second-order valence-corrected chi connectivity index (χ2v) is 7.17. The van der Waals surface area contributed by atoms with Gasteiger partial charge < -0.3 is 21.0 Å². The van der Waals surface area contributed by atoms with Gasteiger partial charge in [-0.15, -0.1) is 11.3 Å². The molecular weight excluding hydrogens is 414 g/mol. The van der Waals surface area contributed by atoms with E-state index in [1.807, 2.05) is 0 Å². The van der Waals surface area contributed by atoms with Gasteiger partial charge in [0.05, 0.1) is 6.04 Å². The Morgan fingerprint density at radius 1 is 1.37 bits per heavy atom. The van der Waals surface area contributed by atoms with Crippen LogP contribution in [0.4, 0.5) is 5.13 Å². The fourth-order valence-electron chi connectivity index (χ4n) is 2.82. The minimum absolute atomic E-state index is 0.141. The van der Waals surface area contributed by atoms with Crippen molar-refractivity contribution in [1.29, 1.82) is 0 Å². The van der Waals surface area contributed by atoms with E-state index in [4.69, 9.17) is 15.4 Å². The Hall–Kier alpha value is -3.51. The average Bonchev–Trinajstić information content (AvgIpc) is 3.16. The van der Waals surface area contributed by atoms with Gasteiger partial charge in [-0.2, -0.15) is 0 Å². The van der Waals surface area contributed by atoms with Crippen LogP contribution in [-0.4, -0.2) is 57.8 Å². The minimum atomic E-state index is -1.36. The van der Waals surface area contributed by atoms with Crippen LogP contribution in [0.15, 0.2) is 40.9 Å². The van der Waals surface area contributed by atoms with E-state index in [0.717, 1.165) is 16.4 Å². The summed E-state index contributed by atoms with van der Waals surface area (Å²) >= 11 is 1.12. The first-order valence-corrected chi connectivity index (χ1v) is 9.62. The Bertz CT molecular complexity index is 978. The lowest BCUT2D eigenvalue weighted by Crippen LogP contribution is -2.70. The number of nitrogens with zero attached hydrogens (tertiary/aromatic N) is 3. The predicted octanol–water partition coefficient (Wildman–Crippen LogP) is 0.549. The highest BCUT2D eigenvalue weighted by molar-refractivity contribution is 7.13. The number of thiazole rings is 1. The number of carbonyl (C=O) groups excluding carboxylic acids is 2. The summed E-state index contributed by atoms with van der Waals surface area (Å²) in [4.78, 5) is 50.8. The van der Waals surface area contributed by atoms with E-state index in [9.17, 15) is 19.5 Å². The molecule has 1 unspecified atom stereocenters. The van der Waals surface area contributed by atoms with Crippen molar-refractivity contribution in [2.75, 3.05) is 12.8 Å². The summed E-state index contributed by atoms with van der Waals surface area (Å²) in [5, 5.41) is 18.4. The number of aliphatic carboxylic acids is 1. The van der Waals surface area contributed by atoms with E-state index in [1.165, 1.54) is 12.5 Å². The zero-order valence-corrected chi connectivity index (χ0v) is 16.8. The summed E-state index contributed by atoms with van der Waals surface area (Å²) in [6, 6.07) is 6.69. The van der Waals surface area contributed by atoms with Gasteiger partial charge in [-0.1, -0.05) is 35.5 Å². The van der Waals surface area contributed by atoms with Crippen LogP contribution >= 0.6 is 11.3 Å². The van der Waals surface area contributed by atoms with Gasteiger partial charge in [0.1, 0.15) is 18.8 Å². The summed E-state index contributed by atoms with van der Waals surface area (Å²) < 4.78 is 0. The summed E-state index contributed by atoms with van der Waals surface area (Å²) in [6.45, 7) is 1.62. The molecule has 1 aliphatic rings. The van der Waals surface area contributed by atoms with Crippen LogP contribution < -0.4 is 11.1 Å². The largest absolute Gasteiger partial charge is 0.479 e. The maximum atomic E-state index is 12.6. The fourth-order valence-corrected chi connectivity index (χ4v) is 3.37. The Morgan fingerprint density at radius 3 is 2.60 bits per heavy atom. The molecule has 1 fully saturated rings. The van der Waals surface area contributed by atoms with E-state index in [-0.39, 0.29) is 16.5 Å². The molecule has 1 aromatic heterocycles. The van der Waals surface area contributed by atoms with Gasteiger partial charge in [0.15, 0.2) is 10.8 Å². The molecule has 0 radical (unpaired) electrons. The number of carboxylic acids is 1. The molecule has 11 nitrogen and oxygen atoms in total. The standard InChI is InChI=1S/C18H19N5O6S/c1-9-12(21-15(24)13(22-28-2)11-8-30-18(19)20-11)16(25)23(9)29-14(17(26)27)10-6-4-3-5-7-10/h3-9,12,14H,1-2H3,(H2,19,20)(H,21,24)(H,26,27)/t9-,12-,14?/m0/s1. The van der Waals surface area contributed by atoms with Crippen molar-refractivity contribution in [3.8, 4) is 0 Å². The van der Waals surface area contributed by atoms with E-state index in [1.54, 1.807) is 37.3 Å². The predicted molar refractivity (Wildman–Crippen MR) is 106 cm³/mol. The molecule has 158 valence electrons. The topological polar surface area (TPSA) is 156 Å². The third kappa shape index (κ3) is 4.23. The van der Waals surface area contributed by atoms with Gasteiger partial charge in [0.2, 0.25) is 6.10 Å². The first-order chi connectivity index (χ1) is 14.3. The van der Waals surface area contributed by atoms with Gasteiger partial charge in [-0.05, 0) is 12.5 Å². The highest BCUT2D eigenvalue weighted by atomic mass is 32.1. The van der Waals surface area contributed by atoms with Crippen LogP contribution in [0.25, 0.3) is 0 Å². The number of hydrogen-bond acceptors (Lipinski definition) is 9. The van der Waals surface area contributed by atoms with E-state index in [2.05, 4.69) is 15.5 Å². The molecule has 30 heavy (non-hydrogen) atoms. The molecule has 3 atom stereocenters. The first kappa shape index (κ1) is 21.2. The molecule has 0 bridgehead atoms. The van der Waals surface area contributed by atoms with Crippen molar-refractivity contribution in [2.45, 2.75) is 25.1 Å². The van der Waals surface area contributed by atoms with Crippen molar-refractivity contribution in [3.05, 3.63) is 47.0 Å². The van der Waals surface area contributed by atoms with Crippen LogP contribution in [0.1, 0.15) is 24.3 Å². The smallest absolute Gasteiger partial charge is 0.340 e. The number of rotatable bonds is 8. The van der Waals surface area contributed by atoms with Crippen molar-refractivity contribution in [2.24, 2.45) is 5.16 Å².